The summed E-state index contributed by atoms with van der Waals surface area (Å²) in [6.45, 7) is -0.773. The van der Waals surface area contributed by atoms with Crippen molar-refractivity contribution >= 4 is 23.9 Å². The van der Waals surface area contributed by atoms with Crippen molar-refractivity contribution in [3.63, 3.8) is 0 Å². The molecule has 1 saturated carbocycles. The molecule has 3 aliphatic rings. The molecule has 0 aromatic heterocycles. The van der Waals surface area contributed by atoms with Crippen LogP contribution < -0.4 is 0 Å². The molecule has 0 spiro atoms. The van der Waals surface area contributed by atoms with Crippen LogP contribution in [0.25, 0.3) is 0 Å². The molecule has 2 aromatic rings. The minimum Gasteiger partial charge on any atom is -0.478 e. The molecule has 5 rings (SSSR count). The molecule has 1 saturated heterocycles. The van der Waals surface area contributed by atoms with Crippen molar-refractivity contribution in [1.82, 2.24) is 0 Å². The van der Waals surface area contributed by atoms with Crippen LogP contribution in [0, 0.1) is 17.8 Å². The van der Waals surface area contributed by atoms with E-state index < -0.39 is 103 Å². The summed E-state index contributed by atoms with van der Waals surface area (Å²) in [4.78, 5) is 52.6. The normalized spacial score (nSPS) is 33.5. The lowest BCUT2D eigenvalue weighted by atomic mass is 9.82. The molecule has 11 unspecified atom stereocenters. The summed E-state index contributed by atoms with van der Waals surface area (Å²) in [5.74, 6) is -8.78. The Labute approximate surface area is 261 Å². The summed E-state index contributed by atoms with van der Waals surface area (Å²) in [6, 6.07) is 15.4. The number of rotatable bonds is 9. The van der Waals surface area contributed by atoms with E-state index in [-0.39, 0.29) is 11.1 Å². The molecule has 1 aliphatic carbocycles. The zero-order chi connectivity index (χ0) is 33.1. The number of aliphatic carboxylic acids is 1. The Morgan fingerprint density at radius 1 is 0.783 bits per heavy atom. The Morgan fingerprint density at radius 2 is 1.35 bits per heavy atom. The summed E-state index contributed by atoms with van der Waals surface area (Å²) < 4.78 is 33.5. The minimum atomic E-state index is -1.89. The van der Waals surface area contributed by atoms with Crippen LogP contribution in [0.3, 0.4) is 0 Å². The second-order valence-electron chi connectivity index (χ2n) is 10.8. The first-order chi connectivity index (χ1) is 22.1. The number of carboxylic acids is 1. The molecule has 15 nitrogen and oxygen atoms in total. The highest BCUT2D eigenvalue weighted by Crippen LogP contribution is 2.51. The van der Waals surface area contributed by atoms with Crippen molar-refractivity contribution in [2.75, 3.05) is 13.7 Å². The predicted octanol–water partition coefficient (Wildman–Crippen LogP) is -0.386. The van der Waals surface area contributed by atoms with E-state index in [0.29, 0.717) is 0 Å². The fourth-order valence-electron chi connectivity index (χ4n) is 5.97. The van der Waals surface area contributed by atoms with Crippen LogP contribution in [0.15, 0.2) is 72.5 Å². The van der Waals surface area contributed by atoms with Crippen molar-refractivity contribution in [2.45, 2.75) is 49.2 Å². The first-order valence-corrected chi connectivity index (χ1v) is 14.2. The van der Waals surface area contributed by atoms with Gasteiger partial charge in [0, 0.05) is 11.8 Å². The van der Waals surface area contributed by atoms with E-state index in [4.69, 9.17) is 28.4 Å². The maximum absolute atomic E-state index is 13.5. The second-order valence-corrected chi connectivity index (χ2v) is 10.8. The first kappa shape index (κ1) is 33.0. The van der Waals surface area contributed by atoms with Gasteiger partial charge in [-0.25, -0.2) is 14.4 Å². The summed E-state index contributed by atoms with van der Waals surface area (Å²) in [7, 11) is 1.04. The van der Waals surface area contributed by atoms with E-state index in [0.717, 1.165) is 13.4 Å². The lowest BCUT2D eigenvalue weighted by Gasteiger charge is -2.43. The van der Waals surface area contributed by atoms with E-state index in [1.165, 1.54) is 24.3 Å². The number of benzene rings is 2. The molecule has 246 valence electrons. The fraction of sp³-hybridized carbons (Fsp3) is 0.419. The van der Waals surface area contributed by atoms with Crippen LogP contribution in [-0.4, -0.2) is 112 Å². The number of carbonyl (C=O) groups is 4. The zero-order valence-corrected chi connectivity index (χ0v) is 24.2. The lowest BCUT2D eigenvalue weighted by molar-refractivity contribution is -0.342. The monoisotopic (exact) mass is 644 g/mol. The minimum absolute atomic E-state index is 0.0773. The van der Waals surface area contributed by atoms with Crippen molar-refractivity contribution < 1.29 is 73.1 Å². The number of carbonyl (C=O) groups excluding carboxylic acids is 3. The third-order valence-electron chi connectivity index (χ3n) is 8.21. The molecule has 2 aliphatic heterocycles. The largest absolute Gasteiger partial charge is 0.478 e. The van der Waals surface area contributed by atoms with Gasteiger partial charge in [-0.05, 0) is 24.3 Å². The number of carboxylic acid groups (broad SMARTS) is 1. The van der Waals surface area contributed by atoms with Gasteiger partial charge in [-0.15, -0.1) is 0 Å². The standard InChI is InChI=1S/C31H32O15/c1-41-29(40)20-19-18(16(26(36)37)13-42-30(19)46-31-23(35)22(34)21(33)17(12-32)43-31)24(44-27(38)14-8-4-2-5-9-14)25(20)45-28(39)15-10-6-3-7-11-15/h2-11,13,17-25,30-35H,12H2,1H3,(H,36,37). The smallest absolute Gasteiger partial charge is 0.338 e. The molecule has 0 amide bonds. The van der Waals surface area contributed by atoms with Gasteiger partial charge in [0.2, 0.25) is 6.29 Å². The molecule has 0 bridgehead atoms. The zero-order valence-electron chi connectivity index (χ0n) is 24.2. The van der Waals surface area contributed by atoms with E-state index in [9.17, 15) is 44.7 Å². The van der Waals surface area contributed by atoms with Crippen molar-refractivity contribution in [1.29, 1.82) is 0 Å². The molecule has 2 fully saturated rings. The molecule has 2 heterocycles. The van der Waals surface area contributed by atoms with Gasteiger partial charge >= 0.3 is 23.9 Å². The molecule has 11 atom stereocenters. The van der Waals surface area contributed by atoms with Crippen LogP contribution >= 0.6 is 0 Å². The first-order valence-electron chi connectivity index (χ1n) is 14.2. The van der Waals surface area contributed by atoms with Crippen LogP contribution in [0.4, 0.5) is 0 Å². The van der Waals surface area contributed by atoms with Crippen molar-refractivity contribution in [3.05, 3.63) is 83.6 Å². The number of hydrogen-bond acceptors (Lipinski definition) is 14. The molecular weight excluding hydrogens is 612 g/mol. The molecule has 0 radical (unpaired) electrons. The fourth-order valence-corrected chi connectivity index (χ4v) is 5.97. The van der Waals surface area contributed by atoms with Gasteiger partial charge in [-0.1, -0.05) is 36.4 Å². The Morgan fingerprint density at radius 3 is 1.87 bits per heavy atom. The number of ether oxygens (including phenoxy) is 6. The van der Waals surface area contributed by atoms with Gasteiger partial charge in [-0.2, -0.15) is 0 Å². The van der Waals surface area contributed by atoms with Crippen molar-refractivity contribution in [3.8, 4) is 0 Å². The van der Waals surface area contributed by atoms with E-state index >= 15 is 0 Å². The average Bonchev–Trinajstić information content (AvgIpc) is 3.38. The number of hydrogen-bond donors (Lipinski definition) is 5. The Balaban J connectivity index is 1.58. The van der Waals surface area contributed by atoms with Gasteiger partial charge in [0.1, 0.15) is 36.4 Å². The number of aliphatic hydroxyl groups is 4. The molecule has 46 heavy (non-hydrogen) atoms. The topological polar surface area (TPSA) is 225 Å². The lowest BCUT2D eigenvalue weighted by Crippen LogP contribution is -2.60. The number of methoxy groups -OCH3 is 1. The maximum atomic E-state index is 13.5. The highest BCUT2D eigenvalue weighted by Gasteiger charge is 2.65. The molecular formula is C31H32O15. The molecule has 15 heteroatoms. The molecule has 5 N–H and O–H groups in total. The predicted molar refractivity (Wildman–Crippen MR) is 149 cm³/mol. The van der Waals surface area contributed by atoms with Crippen LogP contribution in [-0.2, 0) is 38.0 Å². The van der Waals surface area contributed by atoms with Gasteiger partial charge < -0.3 is 54.0 Å². The highest BCUT2D eigenvalue weighted by atomic mass is 16.8. The van der Waals surface area contributed by atoms with Gasteiger partial charge in [0.25, 0.3) is 0 Å². The number of aliphatic hydroxyl groups excluding tert-OH is 4. The Kier molecular flexibility index (Phi) is 10.0. The molecule has 2 aromatic carbocycles. The highest BCUT2D eigenvalue weighted by molar-refractivity contribution is 5.92. The third kappa shape index (κ3) is 6.33. The van der Waals surface area contributed by atoms with Crippen molar-refractivity contribution in [2.24, 2.45) is 17.8 Å². The summed E-state index contributed by atoms with van der Waals surface area (Å²) in [5, 5.41) is 50.8. The summed E-state index contributed by atoms with van der Waals surface area (Å²) in [6.07, 6.45) is -12.7. The second kappa shape index (κ2) is 13.9. The van der Waals surface area contributed by atoms with E-state index in [1.807, 2.05) is 0 Å². The van der Waals surface area contributed by atoms with Gasteiger partial charge in [0.05, 0.1) is 36.7 Å². The SMILES string of the molecule is COC(=O)C1C(OC(=O)c2ccccc2)C(OC(=O)c2ccccc2)C2C(C(=O)O)=COC(OC3OC(CO)C(O)C(O)C3O)C12. The van der Waals surface area contributed by atoms with E-state index in [1.54, 1.807) is 36.4 Å². The van der Waals surface area contributed by atoms with E-state index in [2.05, 4.69) is 0 Å². The maximum Gasteiger partial charge on any atom is 0.338 e. The summed E-state index contributed by atoms with van der Waals surface area (Å²) >= 11 is 0. The van der Waals surface area contributed by atoms with Crippen LogP contribution in [0.5, 0.6) is 0 Å². The van der Waals surface area contributed by atoms with Crippen LogP contribution in [0.1, 0.15) is 20.7 Å². The number of esters is 3. The van der Waals surface area contributed by atoms with Gasteiger partial charge in [0.15, 0.2) is 12.4 Å². The Hall–Kier alpha value is -4.38. The quantitative estimate of drug-likeness (QED) is 0.173. The average molecular weight is 645 g/mol. The van der Waals surface area contributed by atoms with Crippen LogP contribution in [0.2, 0.25) is 0 Å². The Bertz CT molecular complexity index is 1440. The number of fused-ring (bicyclic) bond motifs is 1. The van der Waals surface area contributed by atoms with Gasteiger partial charge in [-0.3, -0.25) is 4.79 Å². The summed E-state index contributed by atoms with van der Waals surface area (Å²) in [5.41, 5.74) is -0.305. The third-order valence-corrected chi connectivity index (χ3v) is 8.21.